The summed E-state index contributed by atoms with van der Waals surface area (Å²) in [5.74, 6) is 0. The van der Waals surface area contributed by atoms with Gasteiger partial charge in [-0.15, -0.1) is 0 Å². The summed E-state index contributed by atoms with van der Waals surface area (Å²) in [4.78, 5) is 7.32. The highest BCUT2D eigenvalue weighted by Gasteiger charge is 2.44. The summed E-state index contributed by atoms with van der Waals surface area (Å²) in [6, 6.07) is 29.3. The fraction of sp³-hybridized carbons (Fsp3) is 0.188. The van der Waals surface area contributed by atoms with Crippen molar-refractivity contribution in [2.75, 3.05) is 16.8 Å². The third kappa shape index (κ3) is 2.94. The Bertz CT molecular complexity index is 1520. The molecule has 0 aliphatic carbocycles. The van der Waals surface area contributed by atoms with E-state index in [2.05, 4.69) is 134 Å². The van der Waals surface area contributed by atoms with Crippen LogP contribution in [0.15, 0.2) is 91.3 Å². The number of rotatable bonds is 2. The van der Waals surface area contributed by atoms with Crippen molar-refractivity contribution in [3.63, 3.8) is 0 Å². The minimum atomic E-state index is 0.171. The Morgan fingerprint density at radius 1 is 0.750 bits per heavy atom. The van der Waals surface area contributed by atoms with Crippen molar-refractivity contribution in [2.24, 2.45) is 0 Å². The lowest BCUT2D eigenvalue weighted by Crippen LogP contribution is -2.59. The predicted molar refractivity (Wildman–Crippen MR) is 153 cm³/mol. The topological polar surface area (TPSA) is 9.72 Å². The molecule has 0 spiro atoms. The summed E-state index contributed by atoms with van der Waals surface area (Å²) in [7, 11) is 2.19. The quantitative estimate of drug-likeness (QED) is 0.338. The second-order valence-electron chi connectivity index (χ2n) is 10.5. The normalized spacial score (nSPS) is 17.3. The van der Waals surface area contributed by atoms with E-state index in [4.69, 9.17) is 0 Å². The van der Waals surface area contributed by atoms with Crippen LogP contribution in [-0.4, -0.2) is 24.8 Å². The number of hydrogen-bond donors (Lipinski definition) is 0. The van der Waals surface area contributed by atoms with Crippen LogP contribution in [0.1, 0.15) is 22.3 Å². The van der Waals surface area contributed by atoms with Crippen molar-refractivity contribution in [3.05, 3.63) is 114 Å². The number of anilines is 4. The van der Waals surface area contributed by atoms with E-state index in [1.807, 2.05) is 0 Å². The zero-order chi connectivity index (χ0) is 24.6. The molecule has 0 fully saturated rings. The van der Waals surface area contributed by atoms with Gasteiger partial charge in [-0.3, -0.25) is 0 Å². The van der Waals surface area contributed by atoms with Gasteiger partial charge in [0.25, 0.3) is 0 Å². The maximum Gasteiger partial charge on any atom is 0.250 e. The Hall–Kier alpha value is -3.92. The van der Waals surface area contributed by atoms with Crippen LogP contribution in [0.4, 0.5) is 22.7 Å². The molecule has 4 heteroatoms. The molecule has 0 saturated carbocycles. The molecule has 4 aromatic carbocycles. The smallest absolute Gasteiger partial charge is 0.250 e. The van der Waals surface area contributed by atoms with E-state index in [-0.39, 0.29) is 6.71 Å². The molecule has 3 aliphatic rings. The first-order valence-electron chi connectivity index (χ1n) is 12.9. The molecule has 1 atom stereocenters. The molecule has 4 aromatic rings. The zero-order valence-corrected chi connectivity index (χ0v) is 21.4. The van der Waals surface area contributed by atoms with Crippen LogP contribution >= 0.6 is 0 Å². The number of fused-ring (bicyclic) bond motifs is 6. The maximum absolute atomic E-state index is 2.51. The number of benzene rings is 4. The second kappa shape index (κ2) is 7.79. The minimum absolute atomic E-state index is 0.171. The number of nitrogens with zero attached hydrogens (tertiary/aromatic N) is 3. The van der Waals surface area contributed by atoms with E-state index in [9.17, 15) is 0 Å². The van der Waals surface area contributed by atoms with Gasteiger partial charge in [0, 0.05) is 48.6 Å². The third-order valence-electron chi connectivity index (χ3n) is 8.25. The van der Waals surface area contributed by atoms with E-state index >= 15 is 0 Å². The van der Waals surface area contributed by atoms with Crippen molar-refractivity contribution in [2.45, 2.75) is 33.4 Å². The molecule has 3 aliphatic heterocycles. The van der Waals surface area contributed by atoms with E-state index in [0.717, 1.165) is 6.42 Å². The van der Waals surface area contributed by atoms with E-state index in [0.29, 0.717) is 6.17 Å². The molecule has 0 saturated heterocycles. The van der Waals surface area contributed by atoms with Gasteiger partial charge in [-0.25, -0.2) is 0 Å². The molecule has 176 valence electrons. The van der Waals surface area contributed by atoms with Gasteiger partial charge in [0.2, 0.25) is 6.71 Å². The first-order chi connectivity index (χ1) is 17.5. The van der Waals surface area contributed by atoms with Gasteiger partial charge in [-0.05, 0) is 61.5 Å². The first-order valence-corrected chi connectivity index (χ1v) is 12.9. The number of para-hydroxylation sites is 2. The fourth-order valence-electron chi connectivity index (χ4n) is 6.85. The monoisotopic (exact) mass is 467 g/mol. The Kier molecular flexibility index (Phi) is 4.63. The summed E-state index contributed by atoms with van der Waals surface area (Å²) in [5, 5.41) is 0. The van der Waals surface area contributed by atoms with Crippen LogP contribution < -0.4 is 26.2 Å². The van der Waals surface area contributed by atoms with Crippen LogP contribution in [0, 0.1) is 20.8 Å². The molecule has 1 unspecified atom stereocenters. The summed E-state index contributed by atoms with van der Waals surface area (Å²) in [6.45, 7) is 6.95. The molecule has 0 bridgehead atoms. The van der Waals surface area contributed by atoms with Gasteiger partial charge in [0.1, 0.15) is 6.17 Å². The average Bonchev–Trinajstić information content (AvgIpc) is 3.42. The fourth-order valence-corrected chi connectivity index (χ4v) is 6.85. The molecule has 3 nitrogen and oxygen atoms in total. The van der Waals surface area contributed by atoms with Crippen molar-refractivity contribution in [3.8, 4) is 0 Å². The van der Waals surface area contributed by atoms with Crippen LogP contribution in [0.3, 0.4) is 0 Å². The van der Waals surface area contributed by atoms with Crippen molar-refractivity contribution < 1.29 is 0 Å². The molecular formula is C32H30BN3. The minimum Gasteiger partial charge on any atom is -0.358 e. The van der Waals surface area contributed by atoms with E-state index in [1.54, 1.807) is 0 Å². The number of likely N-dealkylation sites (N-methyl/N-ethyl adjacent to an activating group) is 1. The maximum atomic E-state index is 2.51. The molecule has 0 aromatic heterocycles. The number of aryl methyl sites for hydroxylation is 3. The Balaban J connectivity index is 1.58. The predicted octanol–water partition coefficient (Wildman–Crippen LogP) is 5.02. The van der Waals surface area contributed by atoms with E-state index < -0.39 is 0 Å². The number of hydrogen-bond acceptors (Lipinski definition) is 3. The van der Waals surface area contributed by atoms with Gasteiger partial charge >= 0.3 is 0 Å². The molecule has 36 heavy (non-hydrogen) atoms. The lowest BCUT2D eigenvalue weighted by atomic mass is 9.33. The van der Waals surface area contributed by atoms with Crippen LogP contribution in [0.2, 0.25) is 0 Å². The van der Waals surface area contributed by atoms with Crippen molar-refractivity contribution in [1.82, 2.24) is 4.90 Å². The summed E-state index contributed by atoms with van der Waals surface area (Å²) >= 11 is 0. The second-order valence-corrected chi connectivity index (χ2v) is 10.5. The molecule has 3 heterocycles. The third-order valence-corrected chi connectivity index (χ3v) is 8.25. The van der Waals surface area contributed by atoms with Crippen molar-refractivity contribution in [1.29, 1.82) is 0 Å². The Labute approximate surface area is 214 Å². The van der Waals surface area contributed by atoms with Crippen molar-refractivity contribution >= 4 is 45.9 Å². The average molecular weight is 467 g/mol. The Morgan fingerprint density at radius 3 is 2.25 bits per heavy atom. The SMILES string of the molecule is Cc1cc(C)c(B2c3ccccc3N(c3ccccc3)c3ccc4c(c32)N2C=CN(C)C2C4)c(C)c1. The standard InChI is InChI=1S/C32H30BN3/c1-21-18-22(2)30(23(3)19-21)33-26-12-8-9-13-27(26)36(25-10-6-5-7-11-25)28-15-14-24-20-29-34(4)16-17-35(29)32(24)31(28)33/h5-19,29H,20H2,1-4H3. The first kappa shape index (κ1) is 21.4. The van der Waals surface area contributed by atoms with Crippen LogP contribution in [0.25, 0.3) is 0 Å². The lowest BCUT2D eigenvalue weighted by Gasteiger charge is -2.39. The highest BCUT2D eigenvalue weighted by atomic mass is 15.4. The zero-order valence-electron chi connectivity index (χ0n) is 21.4. The molecule has 7 rings (SSSR count). The van der Waals surface area contributed by atoms with Crippen LogP contribution in [0.5, 0.6) is 0 Å². The van der Waals surface area contributed by atoms with Crippen LogP contribution in [-0.2, 0) is 6.42 Å². The lowest BCUT2D eigenvalue weighted by molar-refractivity contribution is 0.369. The van der Waals surface area contributed by atoms with Gasteiger partial charge in [-0.2, -0.15) is 0 Å². The molecule has 0 radical (unpaired) electrons. The van der Waals surface area contributed by atoms with Gasteiger partial charge in [0.15, 0.2) is 0 Å². The largest absolute Gasteiger partial charge is 0.358 e. The van der Waals surface area contributed by atoms with Gasteiger partial charge < -0.3 is 14.7 Å². The van der Waals surface area contributed by atoms with E-state index in [1.165, 1.54) is 61.4 Å². The highest BCUT2D eigenvalue weighted by molar-refractivity contribution is 6.99. The highest BCUT2D eigenvalue weighted by Crippen LogP contribution is 2.43. The summed E-state index contributed by atoms with van der Waals surface area (Å²) in [6.07, 6.45) is 5.89. The molecule has 0 amide bonds. The molecule has 0 N–H and O–H groups in total. The summed E-state index contributed by atoms with van der Waals surface area (Å²) in [5.41, 5.74) is 14.9. The van der Waals surface area contributed by atoms with Gasteiger partial charge in [0.05, 0.1) is 0 Å². The Morgan fingerprint density at radius 2 is 1.47 bits per heavy atom. The molecular weight excluding hydrogens is 437 g/mol. The summed E-state index contributed by atoms with van der Waals surface area (Å²) < 4.78 is 0. The van der Waals surface area contributed by atoms with Gasteiger partial charge in [-0.1, -0.05) is 76.8 Å².